The number of rotatable bonds is 6. The van der Waals surface area contributed by atoms with E-state index in [4.69, 9.17) is 11.3 Å². The highest BCUT2D eigenvalue weighted by Crippen LogP contribution is 2.67. The van der Waals surface area contributed by atoms with Gasteiger partial charge in [-0.05, 0) is 93.6 Å². The first-order valence-corrected chi connectivity index (χ1v) is 14.1. The van der Waals surface area contributed by atoms with E-state index in [1.54, 1.807) is 12.3 Å². The fourth-order valence-electron chi connectivity index (χ4n) is 8.13. The number of nitrogens with one attached hydrogen (secondary N) is 1. The molecule has 3 saturated carbocycles. The maximum absolute atomic E-state index is 12.2. The normalized spacial score (nSPS) is 37.7. The number of hydrogen-bond donors (Lipinski definition) is 3. The van der Waals surface area contributed by atoms with E-state index < -0.39 is 11.7 Å². The van der Waals surface area contributed by atoms with Crippen LogP contribution in [-0.2, 0) is 9.63 Å². The zero-order chi connectivity index (χ0) is 27.1. The Morgan fingerprint density at radius 2 is 2.03 bits per heavy atom. The lowest BCUT2D eigenvalue weighted by atomic mass is 9.46. The van der Waals surface area contributed by atoms with Crippen molar-refractivity contribution in [1.82, 2.24) is 10.3 Å². The second kappa shape index (κ2) is 10.1. The van der Waals surface area contributed by atoms with E-state index in [1.807, 2.05) is 13.0 Å². The van der Waals surface area contributed by atoms with Crippen LogP contribution in [0.4, 0.5) is 0 Å². The third-order valence-corrected chi connectivity index (χ3v) is 10.6. The molecule has 1 aromatic heterocycles. The van der Waals surface area contributed by atoms with Crippen LogP contribution in [0.2, 0.25) is 0 Å². The van der Waals surface area contributed by atoms with E-state index in [9.17, 15) is 15.0 Å². The number of amides is 1. The zero-order valence-electron chi connectivity index (χ0n) is 22.9. The standard InChI is InChI=1S/C31H41N3O4/c1-5-31(37)15-12-26-24-9-8-22-16-23(10-13-29(22,3)25(24)11-14-30(26,31)4)34-38-19-28(36)33-18-27(35)21-7-6-20(2)32-17-21/h1,6-7,16-17,24-27,35,37H,8-15,18-19H2,2-4H3,(H,33,36)/t24-,25+,26-,27-,29+,30+,31-/m1/s1. The minimum absolute atomic E-state index is 0.0905. The van der Waals surface area contributed by atoms with Crippen molar-refractivity contribution in [1.29, 1.82) is 0 Å². The van der Waals surface area contributed by atoms with E-state index in [-0.39, 0.29) is 29.9 Å². The van der Waals surface area contributed by atoms with Crippen LogP contribution in [0, 0.1) is 47.9 Å². The SMILES string of the molecule is C#C[C@@]1(O)CC[C@@H]2[C@@H]3CCC4=CC(=NOCC(=O)NC[C@@H](O)c5ccc(C)nc5)CC[C@]4(C)[C@H]3CC[C@@]21C. The van der Waals surface area contributed by atoms with Crippen LogP contribution < -0.4 is 5.32 Å². The topological polar surface area (TPSA) is 104 Å². The van der Waals surface area contributed by atoms with E-state index in [1.165, 1.54) is 5.57 Å². The number of pyridine rings is 1. The molecule has 0 spiro atoms. The maximum atomic E-state index is 12.2. The maximum Gasteiger partial charge on any atom is 0.260 e. The van der Waals surface area contributed by atoms with Gasteiger partial charge in [0, 0.05) is 29.4 Å². The molecule has 4 aliphatic carbocycles. The van der Waals surface area contributed by atoms with Gasteiger partial charge in [0.25, 0.3) is 5.91 Å². The van der Waals surface area contributed by atoms with E-state index >= 15 is 0 Å². The molecule has 1 amide bonds. The lowest BCUT2D eigenvalue weighted by Crippen LogP contribution is -2.54. The summed E-state index contributed by atoms with van der Waals surface area (Å²) in [5.41, 5.74) is 2.86. The van der Waals surface area contributed by atoms with Crippen molar-refractivity contribution < 1.29 is 19.8 Å². The lowest BCUT2D eigenvalue weighted by Gasteiger charge is -2.58. The van der Waals surface area contributed by atoms with Crippen molar-refractivity contribution in [2.75, 3.05) is 13.2 Å². The number of carbonyl (C=O) groups excluding carboxylic acids is 1. The molecule has 1 aromatic rings. The first kappa shape index (κ1) is 26.9. The number of terminal acetylenes is 1. The summed E-state index contributed by atoms with van der Waals surface area (Å²) in [6.07, 6.45) is 16.6. The van der Waals surface area contributed by atoms with Gasteiger partial charge in [-0.1, -0.05) is 36.6 Å². The number of fused-ring (bicyclic) bond motifs is 5. The third-order valence-electron chi connectivity index (χ3n) is 10.6. The van der Waals surface area contributed by atoms with Crippen LogP contribution in [0.5, 0.6) is 0 Å². The van der Waals surface area contributed by atoms with Crippen molar-refractivity contribution in [3.63, 3.8) is 0 Å². The average molecular weight is 520 g/mol. The van der Waals surface area contributed by atoms with Crippen LogP contribution >= 0.6 is 0 Å². The predicted molar refractivity (Wildman–Crippen MR) is 146 cm³/mol. The summed E-state index contributed by atoms with van der Waals surface area (Å²) in [4.78, 5) is 21.8. The molecule has 1 heterocycles. The quantitative estimate of drug-likeness (QED) is 0.385. The van der Waals surface area contributed by atoms with Crippen LogP contribution in [0.25, 0.3) is 0 Å². The Balaban J connectivity index is 1.16. The number of carbonyl (C=O) groups is 1. The second-order valence-corrected chi connectivity index (χ2v) is 12.4. The lowest BCUT2D eigenvalue weighted by molar-refractivity contribution is -0.126. The highest BCUT2D eigenvalue weighted by atomic mass is 16.6. The van der Waals surface area contributed by atoms with Gasteiger partial charge < -0.3 is 20.4 Å². The Bertz CT molecular complexity index is 1170. The van der Waals surface area contributed by atoms with Gasteiger partial charge in [0.15, 0.2) is 6.61 Å². The number of allylic oxidation sites excluding steroid dienone is 2. The monoisotopic (exact) mass is 519 g/mol. The Morgan fingerprint density at radius 1 is 1.24 bits per heavy atom. The van der Waals surface area contributed by atoms with Crippen molar-refractivity contribution >= 4 is 11.6 Å². The highest BCUT2D eigenvalue weighted by Gasteiger charge is 2.63. The number of hydrogen-bond acceptors (Lipinski definition) is 6. The largest absolute Gasteiger partial charge is 0.387 e. The number of aliphatic hydroxyl groups is 2. The molecule has 7 nitrogen and oxygen atoms in total. The molecule has 7 heteroatoms. The summed E-state index contributed by atoms with van der Waals surface area (Å²) in [7, 11) is 0. The number of aliphatic hydroxyl groups excluding tert-OH is 1. The van der Waals surface area contributed by atoms with Crippen molar-refractivity contribution in [3.05, 3.63) is 41.2 Å². The molecule has 0 aliphatic heterocycles. The van der Waals surface area contributed by atoms with Crippen molar-refractivity contribution in [3.8, 4) is 12.3 Å². The van der Waals surface area contributed by atoms with Crippen molar-refractivity contribution in [2.24, 2.45) is 33.7 Å². The number of aromatic nitrogens is 1. The molecule has 4 aliphatic rings. The van der Waals surface area contributed by atoms with E-state index in [2.05, 4.69) is 41.3 Å². The van der Waals surface area contributed by atoms with Crippen LogP contribution in [-0.4, -0.2) is 45.6 Å². The highest BCUT2D eigenvalue weighted by molar-refractivity contribution is 5.96. The summed E-state index contributed by atoms with van der Waals surface area (Å²) < 4.78 is 0. The molecule has 38 heavy (non-hydrogen) atoms. The van der Waals surface area contributed by atoms with Crippen LogP contribution in [0.15, 0.2) is 35.1 Å². The molecule has 0 bridgehead atoms. The zero-order valence-corrected chi connectivity index (χ0v) is 22.9. The molecular weight excluding hydrogens is 478 g/mol. The predicted octanol–water partition coefficient (Wildman–Crippen LogP) is 4.24. The van der Waals surface area contributed by atoms with Gasteiger partial charge in [0.2, 0.25) is 0 Å². The van der Waals surface area contributed by atoms with Gasteiger partial charge in [-0.25, -0.2) is 0 Å². The fourth-order valence-corrected chi connectivity index (χ4v) is 8.13. The molecule has 3 fully saturated rings. The van der Waals surface area contributed by atoms with Gasteiger partial charge >= 0.3 is 0 Å². The first-order valence-electron chi connectivity index (χ1n) is 14.1. The molecule has 0 saturated heterocycles. The summed E-state index contributed by atoms with van der Waals surface area (Å²) in [6, 6.07) is 3.63. The van der Waals surface area contributed by atoms with Crippen LogP contribution in [0.1, 0.15) is 82.6 Å². The van der Waals surface area contributed by atoms with Crippen molar-refractivity contribution in [2.45, 2.75) is 83.8 Å². The average Bonchev–Trinajstić information content (AvgIpc) is 3.18. The molecule has 0 radical (unpaired) electrons. The minimum Gasteiger partial charge on any atom is -0.387 e. The molecule has 0 unspecified atom stereocenters. The summed E-state index contributed by atoms with van der Waals surface area (Å²) in [5, 5.41) is 28.4. The smallest absolute Gasteiger partial charge is 0.260 e. The van der Waals surface area contributed by atoms with Crippen LogP contribution in [0.3, 0.4) is 0 Å². The van der Waals surface area contributed by atoms with E-state index in [0.29, 0.717) is 23.3 Å². The first-order chi connectivity index (χ1) is 18.1. The number of nitrogens with zero attached hydrogens (tertiary/aromatic N) is 2. The van der Waals surface area contributed by atoms with Gasteiger partial charge in [-0.2, -0.15) is 0 Å². The molecule has 3 N–H and O–H groups in total. The van der Waals surface area contributed by atoms with Gasteiger partial charge in [0.1, 0.15) is 5.60 Å². The Morgan fingerprint density at radius 3 is 2.76 bits per heavy atom. The minimum atomic E-state index is -0.967. The third kappa shape index (κ3) is 4.56. The van der Waals surface area contributed by atoms with Gasteiger partial charge in [0.05, 0.1) is 11.8 Å². The molecule has 7 atom stereocenters. The van der Waals surface area contributed by atoms with Gasteiger partial charge in [-0.15, -0.1) is 6.42 Å². The van der Waals surface area contributed by atoms with E-state index in [0.717, 1.165) is 62.8 Å². The molecule has 5 rings (SSSR count). The second-order valence-electron chi connectivity index (χ2n) is 12.4. The number of aryl methyl sites for hydroxylation is 1. The fraction of sp³-hybridized carbons (Fsp3) is 0.645. The Labute approximate surface area is 226 Å². The Hall–Kier alpha value is -2.69. The van der Waals surface area contributed by atoms with Gasteiger partial charge in [-0.3, -0.25) is 9.78 Å². The summed E-state index contributed by atoms with van der Waals surface area (Å²) >= 11 is 0. The number of oxime groups is 1. The summed E-state index contributed by atoms with van der Waals surface area (Å²) in [6.45, 7) is 6.43. The Kier molecular flexibility index (Phi) is 7.17. The molecular formula is C31H41N3O4. The molecule has 204 valence electrons. The summed E-state index contributed by atoms with van der Waals surface area (Å²) in [5.74, 6) is 4.13. The molecule has 0 aromatic carbocycles.